The summed E-state index contributed by atoms with van der Waals surface area (Å²) in [5, 5.41) is 0. The van der Waals surface area contributed by atoms with Crippen molar-refractivity contribution in [1.82, 2.24) is 0 Å². The number of rotatable bonds is 36. The molecule has 1 aliphatic heterocycles. The first-order valence-electron chi connectivity index (χ1n) is 19.9. The smallest absolute Gasteiger partial charge is 0.472 e. The standard InChI is InChI=1S/C41H72NO8P/c1-3-5-7-9-11-12-13-14-15-16-17-21-25-29-34-46-36-38(37-48-51(44,45)47-35-33-42)49-41(43)32-28-24-20-18-19-23-27-31-40-39(50-40)30-26-22-10-8-6-4-2/h6,8,18,20,22-23,26-27,29,34,38-40H,3-5,7,9-17,19,21,24-25,28,30-33,35-37,42H2,1-2H3,(H,44,45)/b8-6-,20-18-,26-22-,27-23-,34-29-. The first kappa shape index (κ1) is 47.0. The molecule has 294 valence electrons. The Balaban J connectivity index is 2.23. The van der Waals surface area contributed by atoms with Crippen LogP contribution < -0.4 is 5.73 Å². The van der Waals surface area contributed by atoms with Gasteiger partial charge < -0.3 is 24.8 Å². The number of esters is 1. The molecule has 4 atom stereocenters. The molecule has 4 unspecified atom stereocenters. The second-order valence-corrected chi connectivity index (χ2v) is 14.7. The van der Waals surface area contributed by atoms with Crippen molar-refractivity contribution in [2.75, 3.05) is 26.4 Å². The van der Waals surface area contributed by atoms with E-state index in [4.69, 9.17) is 29.0 Å². The van der Waals surface area contributed by atoms with Crippen molar-refractivity contribution in [3.8, 4) is 0 Å². The third-order valence-electron chi connectivity index (χ3n) is 8.42. The molecule has 1 fully saturated rings. The van der Waals surface area contributed by atoms with Gasteiger partial charge >= 0.3 is 13.8 Å². The van der Waals surface area contributed by atoms with Crippen LogP contribution in [0.5, 0.6) is 0 Å². The molecule has 0 aromatic carbocycles. The fraction of sp³-hybridized carbons (Fsp3) is 0.732. The van der Waals surface area contributed by atoms with Crippen LogP contribution in [-0.4, -0.2) is 55.5 Å². The molecule has 0 radical (unpaired) electrons. The predicted octanol–water partition coefficient (Wildman–Crippen LogP) is 10.7. The molecule has 0 amide bonds. The number of ether oxygens (including phenoxy) is 3. The Kier molecular flexibility index (Phi) is 31.2. The van der Waals surface area contributed by atoms with Crippen molar-refractivity contribution in [3.63, 3.8) is 0 Å². The van der Waals surface area contributed by atoms with Crippen LogP contribution in [0.25, 0.3) is 0 Å². The number of carbonyl (C=O) groups excluding carboxylic acids is 1. The van der Waals surface area contributed by atoms with Gasteiger partial charge in [0.2, 0.25) is 0 Å². The van der Waals surface area contributed by atoms with Crippen molar-refractivity contribution in [2.45, 2.75) is 167 Å². The number of phosphoric ester groups is 1. The van der Waals surface area contributed by atoms with Gasteiger partial charge in [-0.1, -0.05) is 133 Å². The molecule has 1 saturated heterocycles. The van der Waals surface area contributed by atoms with Gasteiger partial charge in [-0.2, -0.15) is 0 Å². The fourth-order valence-electron chi connectivity index (χ4n) is 5.39. The normalized spacial score (nSPS) is 18.1. The van der Waals surface area contributed by atoms with Gasteiger partial charge in [-0.3, -0.25) is 13.8 Å². The summed E-state index contributed by atoms with van der Waals surface area (Å²) in [5.74, 6) is -0.414. The minimum Gasteiger partial charge on any atom is -0.498 e. The number of phosphoric acid groups is 1. The van der Waals surface area contributed by atoms with Crippen LogP contribution in [0.4, 0.5) is 0 Å². The summed E-state index contributed by atoms with van der Waals surface area (Å²) in [7, 11) is -4.31. The zero-order valence-corrected chi connectivity index (χ0v) is 32.9. The lowest BCUT2D eigenvalue weighted by molar-refractivity contribution is -0.153. The number of hydrogen-bond acceptors (Lipinski definition) is 8. The van der Waals surface area contributed by atoms with E-state index in [0.29, 0.717) is 18.6 Å². The van der Waals surface area contributed by atoms with Crippen LogP contribution in [0, 0.1) is 0 Å². The third-order valence-corrected chi connectivity index (χ3v) is 9.40. The highest BCUT2D eigenvalue weighted by molar-refractivity contribution is 7.47. The van der Waals surface area contributed by atoms with E-state index in [0.717, 1.165) is 51.4 Å². The lowest BCUT2D eigenvalue weighted by atomic mass is 10.0. The molecule has 0 aromatic heterocycles. The van der Waals surface area contributed by atoms with Gasteiger partial charge in [0, 0.05) is 13.0 Å². The number of allylic oxidation sites excluding steroid dienone is 7. The molecular formula is C41H72NO8P. The molecule has 0 bridgehead atoms. The lowest BCUT2D eigenvalue weighted by Crippen LogP contribution is -2.27. The topological polar surface area (TPSA) is 130 Å². The Morgan fingerprint density at radius 2 is 1.29 bits per heavy atom. The van der Waals surface area contributed by atoms with E-state index in [1.165, 1.54) is 70.6 Å². The van der Waals surface area contributed by atoms with Crippen molar-refractivity contribution in [2.24, 2.45) is 5.73 Å². The van der Waals surface area contributed by atoms with Gasteiger partial charge in [0.15, 0.2) is 6.10 Å². The Morgan fingerprint density at radius 3 is 1.90 bits per heavy atom. The van der Waals surface area contributed by atoms with Gasteiger partial charge in [0.25, 0.3) is 0 Å². The molecule has 1 heterocycles. The van der Waals surface area contributed by atoms with E-state index < -0.39 is 19.9 Å². The van der Waals surface area contributed by atoms with E-state index in [2.05, 4.69) is 62.5 Å². The minimum absolute atomic E-state index is 0.00377. The van der Waals surface area contributed by atoms with Crippen molar-refractivity contribution < 1.29 is 37.5 Å². The fourth-order valence-corrected chi connectivity index (χ4v) is 6.16. The Hall–Kier alpha value is -2.00. The predicted molar refractivity (Wildman–Crippen MR) is 209 cm³/mol. The molecule has 0 saturated carbocycles. The highest BCUT2D eigenvalue weighted by Crippen LogP contribution is 2.43. The number of epoxide rings is 1. The van der Waals surface area contributed by atoms with Gasteiger partial charge in [-0.05, 0) is 63.9 Å². The van der Waals surface area contributed by atoms with Crippen molar-refractivity contribution >= 4 is 13.8 Å². The lowest BCUT2D eigenvalue weighted by Gasteiger charge is -2.19. The van der Waals surface area contributed by atoms with E-state index >= 15 is 0 Å². The summed E-state index contributed by atoms with van der Waals surface area (Å²) in [6.45, 7) is 4.03. The molecule has 1 aliphatic rings. The molecule has 51 heavy (non-hydrogen) atoms. The average Bonchev–Trinajstić information content (AvgIpc) is 3.87. The second kappa shape index (κ2) is 33.8. The van der Waals surface area contributed by atoms with E-state index in [1.807, 2.05) is 6.08 Å². The maximum Gasteiger partial charge on any atom is 0.472 e. The summed E-state index contributed by atoms with van der Waals surface area (Å²) in [6, 6.07) is 0. The van der Waals surface area contributed by atoms with Crippen LogP contribution >= 0.6 is 7.82 Å². The van der Waals surface area contributed by atoms with Gasteiger partial charge in [0.05, 0.1) is 31.7 Å². The van der Waals surface area contributed by atoms with Crippen molar-refractivity contribution in [3.05, 3.63) is 60.9 Å². The van der Waals surface area contributed by atoms with Crippen LogP contribution in [0.3, 0.4) is 0 Å². The summed E-state index contributed by atoms with van der Waals surface area (Å²) in [4.78, 5) is 22.4. The van der Waals surface area contributed by atoms with Crippen LogP contribution in [-0.2, 0) is 32.6 Å². The molecular weight excluding hydrogens is 665 g/mol. The van der Waals surface area contributed by atoms with Gasteiger partial charge in [-0.15, -0.1) is 0 Å². The number of nitrogens with two attached hydrogens (primary N) is 1. The first-order valence-corrected chi connectivity index (χ1v) is 21.4. The van der Waals surface area contributed by atoms with E-state index in [9.17, 15) is 14.3 Å². The molecule has 10 heteroatoms. The monoisotopic (exact) mass is 737 g/mol. The zero-order chi connectivity index (χ0) is 37.1. The molecule has 9 nitrogen and oxygen atoms in total. The largest absolute Gasteiger partial charge is 0.498 e. The summed E-state index contributed by atoms with van der Waals surface area (Å²) in [5.41, 5.74) is 5.35. The number of carbonyl (C=O) groups is 1. The zero-order valence-electron chi connectivity index (χ0n) is 32.0. The Bertz CT molecular complexity index is 1030. The van der Waals surface area contributed by atoms with Gasteiger partial charge in [0.1, 0.15) is 6.61 Å². The molecule has 0 spiro atoms. The van der Waals surface area contributed by atoms with E-state index in [-0.39, 0.29) is 32.8 Å². The van der Waals surface area contributed by atoms with Crippen LogP contribution in [0.1, 0.15) is 149 Å². The maximum atomic E-state index is 12.5. The number of unbranched alkanes of at least 4 members (excludes halogenated alkanes) is 13. The SMILES string of the molecule is CC/C=C\C/C=C\CC1OC1C/C=C\C/C=C\CCCC(=O)OC(CO/C=C\CCCCCCCCCCCCCC)COP(=O)(O)OCCN. The van der Waals surface area contributed by atoms with Crippen LogP contribution in [0.15, 0.2) is 60.9 Å². The van der Waals surface area contributed by atoms with Crippen molar-refractivity contribution in [1.29, 1.82) is 0 Å². The summed E-state index contributed by atoms with van der Waals surface area (Å²) >= 11 is 0. The highest BCUT2D eigenvalue weighted by atomic mass is 31.2. The van der Waals surface area contributed by atoms with Crippen LogP contribution in [0.2, 0.25) is 0 Å². The Labute approximate surface area is 310 Å². The van der Waals surface area contributed by atoms with E-state index in [1.54, 1.807) is 6.26 Å². The molecule has 0 aliphatic carbocycles. The Morgan fingerprint density at radius 1 is 0.725 bits per heavy atom. The highest BCUT2D eigenvalue weighted by Gasteiger charge is 2.36. The molecule has 3 N–H and O–H groups in total. The number of hydrogen-bond donors (Lipinski definition) is 2. The first-order chi connectivity index (χ1) is 24.9. The molecule has 0 aromatic rings. The quantitative estimate of drug-likeness (QED) is 0.0161. The summed E-state index contributed by atoms with van der Waals surface area (Å²) in [6.07, 6.45) is 43.6. The second-order valence-electron chi connectivity index (χ2n) is 13.2. The summed E-state index contributed by atoms with van der Waals surface area (Å²) < 4.78 is 38.8. The van der Waals surface area contributed by atoms with Gasteiger partial charge in [-0.25, -0.2) is 4.57 Å². The third kappa shape index (κ3) is 31.3. The minimum atomic E-state index is -4.31. The molecule has 1 rings (SSSR count). The maximum absolute atomic E-state index is 12.5. The average molecular weight is 738 g/mol.